The van der Waals surface area contributed by atoms with Gasteiger partial charge in [-0.1, -0.05) is 12.2 Å². The van der Waals surface area contributed by atoms with Crippen LogP contribution in [-0.2, 0) is 0 Å². The largest absolute Gasteiger partial charge is 0.359 e. The van der Waals surface area contributed by atoms with Gasteiger partial charge in [-0.05, 0) is 37.1 Å². The van der Waals surface area contributed by atoms with Crippen LogP contribution in [0, 0.1) is 0 Å². The summed E-state index contributed by atoms with van der Waals surface area (Å²) in [5.74, 6) is 0. The molecule has 2 atom stereocenters. The molecule has 98 valence electrons. The fourth-order valence-corrected chi connectivity index (χ4v) is 2.05. The van der Waals surface area contributed by atoms with Crippen LogP contribution in [0.2, 0.25) is 0 Å². The Morgan fingerprint density at radius 2 is 1.28 bits per heavy atom. The third-order valence-corrected chi connectivity index (χ3v) is 3.31. The summed E-state index contributed by atoms with van der Waals surface area (Å²) in [6, 6.07) is 0. The highest BCUT2D eigenvalue weighted by molar-refractivity contribution is 5.48. The van der Waals surface area contributed by atoms with Crippen molar-refractivity contribution in [3.63, 3.8) is 0 Å². The van der Waals surface area contributed by atoms with Crippen molar-refractivity contribution in [3.05, 3.63) is 47.9 Å². The molecule has 4 N–H and O–H groups in total. The Hall–Kier alpha value is -1.52. The fraction of sp³-hybridized carbons (Fsp3) is 0.429. The zero-order valence-corrected chi connectivity index (χ0v) is 11.1. The molecule has 2 rings (SSSR count). The Labute approximate surface area is 109 Å². The Morgan fingerprint density at radius 3 is 1.50 bits per heavy atom. The second-order valence-corrected chi connectivity index (χ2v) is 4.83. The summed E-state index contributed by atoms with van der Waals surface area (Å²) in [6.45, 7) is 5.71. The summed E-state index contributed by atoms with van der Waals surface area (Å²) in [7, 11) is 0. The van der Waals surface area contributed by atoms with Gasteiger partial charge in [-0.15, -0.1) is 0 Å². The summed E-state index contributed by atoms with van der Waals surface area (Å²) < 4.78 is 0. The van der Waals surface area contributed by atoms with Crippen molar-refractivity contribution >= 4 is 0 Å². The van der Waals surface area contributed by atoms with Crippen LogP contribution >= 0.6 is 0 Å². The predicted molar refractivity (Wildman–Crippen MR) is 75.2 cm³/mol. The van der Waals surface area contributed by atoms with Crippen LogP contribution in [-0.4, -0.2) is 35.2 Å². The summed E-state index contributed by atoms with van der Waals surface area (Å²) in [5, 5.41) is 0. The topological polar surface area (TPSA) is 58.5 Å². The molecule has 2 heterocycles. The lowest BCUT2D eigenvalue weighted by atomic mass is 10.0. The van der Waals surface area contributed by atoms with Gasteiger partial charge in [0.2, 0.25) is 0 Å². The van der Waals surface area contributed by atoms with Gasteiger partial charge in [-0.25, -0.2) is 0 Å². The second-order valence-electron chi connectivity index (χ2n) is 4.83. The normalized spacial score (nSPS) is 22.7. The molecule has 4 nitrogen and oxygen atoms in total. The molecule has 0 aromatic heterocycles. The van der Waals surface area contributed by atoms with E-state index < -0.39 is 0 Å². The molecule has 0 amide bonds. The molecule has 2 aliphatic rings. The first-order chi connectivity index (χ1) is 8.58. The zero-order chi connectivity index (χ0) is 13.1. The average molecular weight is 246 g/mol. The van der Waals surface area contributed by atoms with Gasteiger partial charge >= 0.3 is 0 Å². The lowest BCUT2D eigenvalue weighted by molar-refractivity contribution is 0.323. The van der Waals surface area contributed by atoms with E-state index in [9.17, 15) is 0 Å². The minimum absolute atomic E-state index is 0.0588. The molecule has 2 unspecified atom stereocenters. The van der Waals surface area contributed by atoms with Crippen LogP contribution in [0.15, 0.2) is 47.9 Å². The van der Waals surface area contributed by atoms with Crippen molar-refractivity contribution in [1.82, 2.24) is 9.80 Å². The highest BCUT2D eigenvalue weighted by atomic mass is 15.2. The van der Waals surface area contributed by atoms with Crippen LogP contribution in [0.1, 0.15) is 13.8 Å². The van der Waals surface area contributed by atoms with Gasteiger partial charge < -0.3 is 21.3 Å². The van der Waals surface area contributed by atoms with Crippen LogP contribution < -0.4 is 11.5 Å². The summed E-state index contributed by atoms with van der Waals surface area (Å²) in [5.41, 5.74) is 14.2. The molecule has 0 aromatic carbocycles. The first-order valence-electron chi connectivity index (χ1n) is 6.37. The molecule has 0 aromatic rings. The highest BCUT2D eigenvalue weighted by Gasteiger charge is 2.12. The van der Waals surface area contributed by atoms with E-state index in [1.807, 2.05) is 13.8 Å². The van der Waals surface area contributed by atoms with E-state index >= 15 is 0 Å². The maximum Gasteiger partial charge on any atom is 0.0740 e. The lowest BCUT2D eigenvalue weighted by Gasteiger charge is -2.29. The Kier molecular flexibility index (Phi) is 3.89. The van der Waals surface area contributed by atoms with Crippen LogP contribution in [0.3, 0.4) is 0 Å². The Bertz CT molecular complexity index is 376. The smallest absolute Gasteiger partial charge is 0.0740 e. The zero-order valence-electron chi connectivity index (χ0n) is 11.1. The molecule has 0 radical (unpaired) electrons. The van der Waals surface area contributed by atoms with Gasteiger partial charge in [0.1, 0.15) is 0 Å². The Balaban J connectivity index is 2.00. The van der Waals surface area contributed by atoms with E-state index in [0.29, 0.717) is 0 Å². The number of rotatable bonds is 3. The van der Waals surface area contributed by atoms with Crippen LogP contribution in [0.4, 0.5) is 0 Å². The summed E-state index contributed by atoms with van der Waals surface area (Å²) in [4.78, 5) is 4.20. The van der Waals surface area contributed by atoms with Crippen LogP contribution in [0.5, 0.6) is 0 Å². The third-order valence-electron chi connectivity index (χ3n) is 3.31. The van der Waals surface area contributed by atoms with Crippen molar-refractivity contribution in [1.29, 1.82) is 0 Å². The minimum atomic E-state index is 0.0588. The number of nitrogens with zero attached hydrogens (tertiary/aromatic N) is 2. The molecular weight excluding hydrogens is 224 g/mol. The fourth-order valence-electron chi connectivity index (χ4n) is 2.05. The van der Waals surface area contributed by atoms with Gasteiger partial charge in [0.25, 0.3) is 0 Å². The molecule has 0 saturated carbocycles. The maximum atomic E-state index is 5.84. The van der Waals surface area contributed by atoms with Crippen LogP contribution in [0.25, 0.3) is 0 Å². The average Bonchev–Trinajstić information content (AvgIpc) is 2.39. The standard InChI is InChI=1S/C14H22N4/c1-11(15)17-7-3-13(4-8-17)14-5-9-18(10-6-14)12(2)16/h3-7,9,11-12H,8,10,15-16H2,1-2H3. The molecule has 0 spiro atoms. The lowest BCUT2D eigenvalue weighted by Crippen LogP contribution is -2.37. The third kappa shape index (κ3) is 2.83. The van der Waals surface area contributed by atoms with Crippen molar-refractivity contribution < 1.29 is 0 Å². The van der Waals surface area contributed by atoms with Crippen molar-refractivity contribution in [2.75, 3.05) is 13.1 Å². The van der Waals surface area contributed by atoms with E-state index in [1.165, 1.54) is 11.1 Å². The molecule has 0 aliphatic carbocycles. The van der Waals surface area contributed by atoms with E-state index in [0.717, 1.165) is 13.1 Å². The number of allylic oxidation sites excluding steroid dienone is 4. The monoisotopic (exact) mass is 246 g/mol. The first-order valence-corrected chi connectivity index (χ1v) is 6.37. The van der Waals surface area contributed by atoms with Gasteiger partial charge in [-0.2, -0.15) is 0 Å². The Morgan fingerprint density at radius 1 is 0.889 bits per heavy atom. The second kappa shape index (κ2) is 5.42. The molecule has 0 bridgehead atoms. The van der Waals surface area contributed by atoms with Crippen molar-refractivity contribution in [3.8, 4) is 0 Å². The van der Waals surface area contributed by atoms with E-state index in [1.54, 1.807) is 0 Å². The molecule has 4 heteroatoms. The van der Waals surface area contributed by atoms with Gasteiger partial charge in [0, 0.05) is 25.5 Å². The molecular formula is C14H22N4. The van der Waals surface area contributed by atoms with Crippen molar-refractivity contribution in [2.45, 2.75) is 26.2 Å². The predicted octanol–water partition coefficient (Wildman–Crippen LogP) is 1.11. The summed E-state index contributed by atoms with van der Waals surface area (Å²) >= 11 is 0. The number of hydrogen-bond donors (Lipinski definition) is 2. The highest BCUT2D eigenvalue weighted by Crippen LogP contribution is 2.20. The maximum absolute atomic E-state index is 5.84. The van der Waals surface area contributed by atoms with Gasteiger partial charge in [-0.3, -0.25) is 0 Å². The number of hydrogen-bond acceptors (Lipinski definition) is 4. The number of nitrogens with two attached hydrogens (primary N) is 2. The van der Waals surface area contributed by atoms with E-state index in [2.05, 4.69) is 46.5 Å². The quantitative estimate of drug-likeness (QED) is 0.783. The van der Waals surface area contributed by atoms with Gasteiger partial charge in [0.05, 0.1) is 12.3 Å². The summed E-state index contributed by atoms with van der Waals surface area (Å²) in [6.07, 6.45) is 12.9. The molecule has 2 aliphatic heterocycles. The molecule has 18 heavy (non-hydrogen) atoms. The van der Waals surface area contributed by atoms with Gasteiger partial charge in [0.15, 0.2) is 0 Å². The van der Waals surface area contributed by atoms with E-state index in [-0.39, 0.29) is 12.3 Å². The minimum Gasteiger partial charge on any atom is -0.359 e. The molecule has 0 fully saturated rings. The van der Waals surface area contributed by atoms with Crippen molar-refractivity contribution in [2.24, 2.45) is 11.5 Å². The first kappa shape index (κ1) is 12.9. The molecule has 0 saturated heterocycles. The van der Waals surface area contributed by atoms with E-state index in [4.69, 9.17) is 11.5 Å². The SMILES string of the molecule is CC(N)N1C=CC(C2=CCN(C(C)N)C=C2)=CC1.